The molecule has 1 aromatic rings. The molecule has 1 aromatic carbocycles. The van der Waals surface area contributed by atoms with E-state index in [-0.39, 0.29) is 5.91 Å². The SMILES string of the molecule is Cc1cc(NCCC(=O)NCC(C)C)ccc1C#N. The minimum absolute atomic E-state index is 0.0616. The van der Waals surface area contributed by atoms with Gasteiger partial charge in [0, 0.05) is 25.2 Å². The predicted octanol–water partition coefficient (Wildman–Crippen LogP) is 2.44. The molecule has 0 aromatic heterocycles. The third-order valence-electron chi connectivity index (χ3n) is 2.74. The number of hydrogen-bond acceptors (Lipinski definition) is 3. The molecule has 102 valence electrons. The van der Waals surface area contributed by atoms with Crippen molar-refractivity contribution in [3.63, 3.8) is 0 Å². The van der Waals surface area contributed by atoms with Gasteiger partial charge in [0.05, 0.1) is 11.6 Å². The molecule has 0 aliphatic rings. The number of anilines is 1. The summed E-state index contributed by atoms with van der Waals surface area (Å²) in [6.45, 7) is 7.35. The summed E-state index contributed by atoms with van der Waals surface area (Å²) in [4.78, 5) is 11.5. The molecule has 0 unspecified atom stereocenters. The first-order valence-electron chi connectivity index (χ1n) is 6.54. The molecule has 0 saturated heterocycles. The topological polar surface area (TPSA) is 64.9 Å². The van der Waals surface area contributed by atoms with E-state index >= 15 is 0 Å². The van der Waals surface area contributed by atoms with Crippen LogP contribution in [-0.2, 0) is 4.79 Å². The van der Waals surface area contributed by atoms with Crippen LogP contribution in [0.4, 0.5) is 5.69 Å². The van der Waals surface area contributed by atoms with Gasteiger partial charge in [-0.3, -0.25) is 4.79 Å². The Morgan fingerprint density at radius 1 is 1.42 bits per heavy atom. The van der Waals surface area contributed by atoms with E-state index in [1.54, 1.807) is 6.07 Å². The Labute approximate surface area is 114 Å². The van der Waals surface area contributed by atoms with Gasteiger partial charge >= 0.3 is 0 Å². The van der Waals surface area contributed by atoms with Gasteiger partial charge in [0.15, 0.2) is 0 Å². The Bertz CT molecular complexity index is 475. The second-order valence-corrected chi connectivity index (χ2v) is 5.02. The average Bonchev–Trinajstić information content (AvgIpc) is 2.36. The standard InChI is InChI=1S/C15H21N3O/c1-11(2)10-18-15(19)6-7-17-14-5-4-13(9-16)12(3)8-14/h4-5,8,11,17H,6-7,10H2,1-3H3,(H,18,19). The normalized spacial score (nSPS) is 10.1. The molecule has 1 amide bonds. The molecule has 0 saturated carbocycles. The number of carbonyl (C=O) groups is 1. The van der Waals surface area contributed by atoms with Gasteiger partial charge < -0.3 is 10.6 Å². The van der Waals surface area contributed by atoms with Crippen LogP contribution in [0.2, 0.25) is 0 Å². The predicted molar refractivity (Wildman–Crippen MR) is 76.8 cm³/mol. The smallest absolute Gasteiger partial charge is 0.221 e. The quantitative estimate of drug-likeness (QED) is 0.824. The van der Waals surface area contributed by atoms with E-state index in [9.17, 15) is 4.79 Å². The van der Waals surface area contributed by atoms with Crippen LogP contribution < -0.4 is 10.6 Å². The Hall–Kier alpha value is -2.02. The number of nitriles is 1. The summed E-state index contributed by atoms with van der Waals surface area (Å²) < 4.78 is 0. The summed E-state index contributed by atoms with van der Waals surface area (Å²) in [5.74, 6) is 0.532. The first-order chi connectivity index (χ1) is 9.02. The van der Waals surface area contributed by atoms with Crippen LogP contribution in [0.15, 0.2) is 18.2 Å². The number of rotatable bonds is 6. The third kappa shape index (κ3) is 5.43. The summed E-state index contributed by atoms with van der Waals surface area (Å²) in [6, 6.07) is 7.70. The van der Waals surface area contributed by atoms with Crippen LogP contribution >= 0.6 is 0 Å². The first kappa shape index (κ1) is 15.0. The van der Waals surface area contributed by atoms with E-state index in [2.05, 4.69) is 30.6 Å². The third-order valence-corrected chi connectivity index (χ3v) is 2.74. The molecule has 19 heavy (non-hydrogen) atoms. The number of amides is 1. The van der Waals surface area contributed by atoms with Crippen LogP contribution in [0.3, 0.4) is 0 Å². The molecule has 0 bridgehead atoms. The molecule has 0 atom stereocenters. The minimum Gasteiger partial charge on any atom is -0.385 e. The maximum atomic E-state index is 11.5. The van der Waals surface area contributed by atoms with Gasteiger partial charge in [0.2, 0.25) is 5.91 Å². The Kier molecular flexibility index (Phi) is 5.87. The van der Waals surface area contributed by atoms with Crippen molar-refractivity contribution >= 4 is 11.6 Å². The highest BCUT2D eigenvalue weighted by Crippen LogP contribution is 2.14. The molecule has 0 heterocycles. The summed E-state index contributed by atoms with van der Waals surface area (Å²) in [5, 5.41) is 14.9. The van der Waals surface area contributed by atoms with Crippen molar-refractivity contribution in [1.29, 1.82) is 5.26 Å². The van der Waals surface area contributed by atoms with E-state index in [1.165, 1.54) is 0 Å². The van der Waals surface area contributed by atoms with Crippen molar-refractivity contribution in [2.45, 2.75) is 27.2 Å². The molecule has 0 fully saturated rings. The van der Waals surface area contributed by atoms with Gasteiger partial charge in [0.1, 0.15) is 0 Å². The van der Waals surface area contributed by atoms with Crippen LogP contribution in [0.5, 0.6) is 0 Å². The summed E-state index contributed by atoms with van der Waals surface area (Å²) in [6.07, 6.45) is 0.450. The Morgan fingerprint density at radius 2 is 2.16 bits per heavy atom. The highest BCUT2D eigenvalue weighted by atomic mass is 16.1. The number of hydrogen-bond donors (Lipinski definition) is 2. The lowest BCUT2D eigenvalue weighted by Crippen LogP contribution is -2.28. The average molecular weight is 259 g/mol. The fourth-order valence-corrected chi connectivity index (χ4v) is 1.63. The molecular formula is C15H21N3O. The van der Waals surface area contributed by atoms with Gasteiger partial charge in [-0.25, -0.2) is 0 Å². The monoisotopic (exact) mass is 259 g/mol. The lowest BCUT2D eigenvalue weighted by Gasteiger charge is -2.09. The zero-order chi connectivity index (χ0) is 14.3. The number of nitrogens with zero attached hydrogens (tertiary/aromatic N) is 1. The second-order valence-electron chi connectivity index (χ2n) is 5.02. The zero-order valence-electron chi connectivity index (χ0n) is 11.8. The molecule has 0 aliphatic heterocycles. The first-order valence-corrected chi connectivity index (χ1v) is 6.54. The maximum Gasteiger partial charge on any atom is 0.221 e. The minimum atomic E-state index is 0.0616. The largest absolute Gasteiger partial charge is 0.385 e. The van der Waals surface area contributed by atoms with E-state index in [4.69, 9.17) is 5.26 Å². The van der Waals surface area contributed by atoms with Crippen molar-refractivity contribution in [3.8, 4) is 6.07 Å². The lowest BCUT2D eigenvalue weighted by atomic mass is 10.1. The molecule has 4 nitrogen and oxygen atoms in total. The van der Waals surface area contributed by atoms with Gasteiger partial charge in [-0.05, 0) is 36.6 Å². The van der Waals surface area contributed by atoms with Crippen LogP contribution in [-0.4, -0.2) is 19.0 Å². The van der Waals surface area contributed by atoms with E-state index in [0.717, 1.165) is 17.8 Å². The zero-order valence-corrected chi connectivity index (χ0v) is 11.8. The Morgan fingerprint density at radius 3 is 2.74 bits per heavy atom. The highest BCUT2D eigenvalue weighted by Gasteiger charge is 2.03. The van der Waals surface area contributed by atoms with Gasteiger partial charge in [-0.2, -0.15) is 5.26 Å². The van der Waals surface area contributed by atoms with Crippen LogP contribution in [0, 0.1) is 24.2 Å². The summed E-state index contributed by atoms with van der Waals surface area (Å²) >= 11 is 0. The number of aryl methyl sites for hydroxylation is 1. The van der Waals surface area contributed by atoms with Crippen molar-refractivity contribution in [3.05, 3.63) is 29.3 Å². The Balaban J connectivity index is 2.35. The number of benzene rings is 1. The van der Waals surface area contributed by atoms with Crippen molar-refractivity contribution in [2.24, 2.45) is 5.92 Å². The molecule has 0 radical (unpaired) electrons. The van der Waals surface area contributed by atoms with E-state index in [1.807, 2.05) is 19.1 Å². The number of nitrogens with one attached hydrogen (secondary N) is 2. The molecule has 0 spiro atoms. The molecule has 0 aliphatic carbocycles. The maximum absolute atomic E-state index is 11.5. The summed E-state index contributed by atoms with van der Waals surface area (Å²) in [7, 11) is 0. The fraction of sp³-hybridized carbons (Fsp3) is 0.467. The van der Waals surface area contributed by atoms with Gasteiger partial charge in [0.25, 0.3) is 0 Å². The van der Waals surface area contributed by atoms with E-state index in [0.29, 0.717) is 24.4 Å². The van der Waals surface area contributed by atoms with Crippen LogP contribution in [0.25, 0.3) is 0 Å². The number of carbonyl (C=O) groups excluding carboxylic acids is 1. The molecular weight excluding hydrogens is 238 g/mol. The summed E-state index contributed by atoms with van der Waals surface area (Å²) in [5.41, 5.74) is 2.56. The van der Waals surface area contributed by atoms with Gasteiger partial charge in [-0.15, -0.1) is 0 Å². The fourth-order valence-electron chi connectivity index (χ4n) is 1.63. The van der Waals surface area contributed by atoms with Crippen LogP contribution in [0.1, 0.15) is 31.4 Å². The van der Waals surface area contributed by atoms with Gasteiger partial charge in [-0.1, -0.05) is 13.8 Å². The molecule has 1 rings (SSSR count). The lowest BCUT2D eigenvalue weighted by molar-refractivity contribution is -0.120. The van der Waals surface area contributed by atoms with Crippen molar-refractivity contribution in [1.82, 2.24) is 5.32 Å². The molecule has 2 N–H and O–H groups in total. The van der Waals surface area contributed by atoms with E-state index < -0.39 is 0 Å². The van der Waals surface area contributed by atoms with Crippen molar-refractivity contribution in [2.75, 3.05) is 18.4 Å². The van der Waals surface area contributed by atoms with Crippen molar-refractivity contribution < 1.29 is 4.79 Å². The second kappa shape index (κ2) is 7.42. The molecule has 4 heteroatoms. The highest BCUT2D eigenvalue weighted by molar-refractivity contribution is 5.76.